The van der Waals surface area contributed by atoms with Crippen LogP contribution in [0.5, 0.6) is 11.5 Å². The lowest BCUT2D eigenvalue weighted by molar-refractivity contribution is -0.117. The lowest BCUT2D eigenvalue weighted by Crippen LogP contribution is -2.18. The van der Waals surface area contributed by atoms with E-state index in [9.17, 15) is 9.59 Å². The standard InChI is InChI=1S/C21H23ClN2O4/c1-2-27-19-9-6-15(22)13-18(19)24-20(25)4-3-11-28-16-7-8-17-14(12-16)5-10-21(26)23-17/h6-9,12-13H,2-5,10-11H2,1H3,(H,23,26)(H,24,25). The van der Waals surface area contributed by atoms with Gasteiger partial charge >= 0.3 is 0 Å². The molecule has 0 saturated heterocycles. The van der Waals surface area contributed by atoms with E-state index in [1.807, 2.05) is 25.1 Å². The number of amides is 2. The van der Waals surface area contributed by atoms with Crippen LogP contribution < -0.4 is 20.1 Å². The molecule has 2 N–H and O–H groups in total. The van der Waals surface area contributed by atoms with Crippen LogP contribution in [-0.4, -0.2) is 25.0 Å². The average molecular weight is 403 g/mol. The largest absolute Gasteiger partial charge is 0.494 e. The molecule has 2 amide bonds. The summed E-state index contributed by atoms with van der Waals surface area (Å²) in [6.07, 6.45) is 2.09. The molecule has 1 heterocycles. The Hall–Kier alpha value is -2.73. The topological polar surface area (TPSA) is 76.7 Å². The number of carbonyl (C=O) groups excluding carboxylic acids is 2. The zero-order valence-corrected chi connectivity index (χ0v) is 16.5. The van der Waals surface area contributed by atoms with E-state index in [1.165, 1.54) is 0 Å². The van der Waals surface area contributed by atoms with Gasteiger partial charge in [0, 0.05) is 23.6 Å². The Balaban J connectivity index is 1.46. The normalized spacial score (nSPS) is 12.7. The van der Waals surface area contributed by atoms with E-state index >= 15 is 0 Å². The second kappa shape index (κ2) is 9.46. The number of ether oxygens (including phenoxy) is 2. The zero-order chi connectivity index (χ0) is 19.9. The van der Waals surface area contributed by atoms with Gasteiger partial charge in [-0.3, -0.25) is 9.59 Å². The van der Waals surface area contributed by atoms with Crippen LogP contribution in [-0.2, 0) is 16.0 Å². The first-order valence-corrected chi connectivity index (χ1v) is 9.70. The Morgan fingerprint density at radius 2 is 2.04 bits per heavy atom. The fraction of sp³-hybridized carbons (Fsp3) is 0.333. The highest BCUT2D eigenvalue weighted by Crippen LogP contribution is 2.29. The molecule has 2 aromatic rings. The fourth-order valence-corrected chi connectivity index (χ4v) is 3.14. The van der Waals surface area contributed by atoms with E-state index in [0.717, 1.165) is 17.0 Å². The minimum Gasteiger partial charge on any atom is -0.494 e. The van der Waals surface area contributed by atoms with Gasteiger partial charge in [0.05, 0.1) is 18.9 Å². The third kappa shape index (κ3) is 5.39. The summed E-state index contributed by atoms with van der Waals surface area (Å²) in [7, 11) is 0. The minimum atomic E-state index is -0.125. The number of anilines is 2. The molecule has 0 spiro atoms. The van der Waals surface area contributed by atoms with Crippen LogP contribution in [0.1, 0.15) is 31.7 Å². The Morgan fingerprint density at radius 1 is 1.18 bits per heavy atom. The molecule has 3 rings (SSSR count). The predicted molar refractivity (Wildman–Crippen MR) is 109 cm³/mol. The molecule has 0 unspecified atom stereocenters. The van der Waals surface area contributed by atoms with Crippen molar-refractivity contribution < 1.29 is 19.1 Å². The minimum absolute atomic E-state index is 0.0411. The van der Waals surface area contributed by atoms with Gasteiger partial charge in [-0.15, -0.1) is 0 Å². The van der Waals surface area contributed by atoms with Crippen LogP contribution in [0.25, 0.3) is 0 Å². The van der Waals surface area contributed by atoms with Crippen molar-refractivity contribution in [2.45, 2.75) is 32.6 Å². The molecule has 1 aliphatic rings. The Morgan fingerprint density at radius 3 is 2.86 bits per heavy atom. The molecule has 6 nitrogen and oxygen atoms in total. The van der Waals surface area contributed by atoms with Gasteiger partial charge in [-0.2, -0.15) is 0 Å². The van der Waals surface area contributed by atoms with Crippen LogP contribution >= 0.6 is 11.6 Å². The van der Waals surface area contributed by atoms with Gasteiger partial charge in [0.15, 0.2) is 0 Å². The molecule has 0 saturated carbocycles. The molecule has 0 aromatic heterocycles. The number of nitrogens with one attached hydrogen (secondary N) is 2. The molecular formula is C21H23ClN2O4. The van der Waals surface area contributed by atoms with Crippen LogP contribution in [0.4, 0.5) is 11.4 Å². The molecule has 1 aliphatic heterocycles. The Labute approximate surface area is 169 Å². The first-order valence-electron chi connectivity index (χ1n) is 9.33. The molecular weight excluding hydrogens is 380 g/mol. The monoisotopic (exact) mass is 402 g/mol. The van der Waals surface area contributed by atoms with Crippen molar-refractivity contribution in [1.29, 1.82) is 0 Å². The maximum atomic E-state index is 12.2. The summed E-state index contributed by atoms with van der Waals surface area (Å²) in [5.41, 5.74) is 2.48. The number of halogens is 1. The Kier molecular flexibility index (Phi) is 6.76. The fourth-order valence-electron chi connectivity index (χ4n) is 2.97. The summed E-state index contributed by atoms with van der Waals surface area (Å²) in [6.45, 7) is 2.81. The van der Waals surface area contributed by atoms with Crippen LogP contribution in [0.2, 0.25) is 5.02 Å². The summed E-state index contributed by atoms with van der Waals surface area (Å²) in [5.74, 6) is 1.25. The number of benzene rings is 2. The summed E-state index contributed by atoms with van der Waals surface area (Å²) in [6, 6.07) is 10.7. The van der Waals surface area contributed by atoms with Crippen LogP contribution in [0, 0.1) is 0 Å². The van der Waals surface area contributed by atoms with Gasteiger partial charge < -0.3 is 20.1 Å². The lowest BCUT2D eigenvalue weighted by Gasteiger charge is -2.17. The van der Waals surface area contributed by atoms with Crippen molar-refractivity contribution in [2.75, 3.05) is 23.8 Å². The number of aryl methyl sites for hydroxylation is 1. The molecule has 148 valence electrons. The Bertz CT molecular complexity index is 869. The van der Waals surface area contributed by atoms with Gasteiger partial charge in [0.1, 0.15) is 11.5 Å². The van der Waals surface area contributed by atoms with E-state index in [2.05, 4.69) is 10.6 Å². The SMILES string of the molecule is CCOc1ccc(Cl)cc1NC(=O)CCCOc1ccc2c(c1)CCC(=O)N2. The van der Waals surface area contributed by atoms with Crippen molar-refractivity contribution in [1.82, 2.24) is 0 Å². The third-order valence-corrected chi connectivity index (χ3v) is 4.54. The first kappa shape index (κ1) is 20.0. The van der Waals surface area contributed by atoms with E-state index < -0.39 is 0 Å². The third-order valence-electron chi connectivity index (χ3n) is 4.30. The van der Waals surface area contributed by atoms with Crippen LogP contribution in [0.15, 0.2) is 36.4 Å². The van der Waals surface area contributed by atoms with Gasteiger partial charge in [-0.05, 0) is 61.7 Å². The second-order valence-corrected chi connectivity index (χ2v) is 6.88. The van der Waals surface area contributed by atoms with Crippen molar-refractivity contribution in [3.05, 3.63) is 47.0 Å². The number of carbonyl (C=O) groups is 2. The second-order valence-electron chi connectivity index (χ2n) is 6.44. The first-order chi connectivity index (χ1) is 13.5. The highest BCUT2D eigenvalue weighted by atomic mass is 35.5. The highest BCUT2D eigenvalue weighted by molar-refractivity contribution is 6.31. The van der Waals surface area contributed by atoms with Gasteiger partial charge in [-0.1, -0.05) is 11.6 Å². The van der Waals surface area contributed by atoms with Gasteiger partial charge in [0.25, 0.3) is 0 Å². The van der Waals surface area contributed by atoms with E-state index in [-0.39, 0.29) is 11.8 Å². The summed E-state index contributed by atoms with van der Waals surface area (Å²) in [4.78, 5) is 23.6. The lowest BCUT2D eigenvalue weighted by atomic mass is 10.0. The molecule has 28 heavy (non-hydrogen) atoms. The maximum absolute atomic E-state index is 12.2. The molecule has 0 aliphatic carbocycles. The van der Waals surface area contributed by atoms with Crippen LogP contribution in [0.3, 0.4) is 0 Å². The predicted octanol–water partition coefficient (Wildman–Crippen LogP) is 4.42. The van der Waals surface area contributed by atoms with Crippen molar-refractivity contribution in [3.63, 3.8) is 0 Å². The van der Waals surface area contributed by atoms with E-state index in [4.69, 9.17) is 21.1 Å². The quantitative estimate of drug-likeness (QED) is 0.641. The van der Waals surface area contributed by atoms with E-state index in [0.29, 0.717) is 55.4 Å². The van der Waals surface area contributed by atoms with Gasteiger partial charge in [-0.25, -0.2) is 0 Å². The summed E-state index contributed by atoms with van der Waals surface area (Å²) in [5, 5.41) is 6.21. The molecule has 0 bridgehead atoms. The van der Waals surface area contributed by atoms with Gasteiger partial charge in [0.2, 0.25) is 11.8 Å². The zero-order valence-electron chi connectivity index (χ0n) is 15.7. The van der Waals surface area contributed by atoms with E-state index in [1.54, 1.807) is 18.2 Å². The molecule has 0 fully saturated rings. The molecule has 0 atom stereocenters. The number of hydrogen-bond donors (Lipinski definition) is 2. The smallest absolute Gasteiger partial charge is 0.224 e. The average Bonchev–Trinajstić information content (AvgIpc) is 2.67. The summed E-state index contributed by atoms with van der Waals surface area (Å²) >= 11 is 6.00. The van der Waals surface area contributed by atoms with Crippen molar-refractivity contribution in [3.8, 4) is 11.5 Å². The number of rotatable bonds is 8. The molecule has 2 aromatic carbocycles. The summed E-state index contributed by atoms with van der Waals surface area (Å²) < 4.78 is 11.2. The van der Waals surface area contributed by atoms with Crippen molar-refractivity contribution >= 4 is 34.8 Å². The maximum Gasteiger partial charge on any atom is 0.224 e. The number of hydrogen-bond acceptors (Lipinski definition) is 4. The molecule has 7 heteroatoms. The number of fused-ring (bicyclic) bond motifs is 1. The van der Waals surface area contributed by atoms with Crippen molar-refractivity contribution in [2.24, 2.45) is 0 Å². The molecule has 0 radical (unpaired) electrons. The highest BCUT2D eigenvalue weighted by Gasteiger charge is 2.15.